The van der Waals surface area contributed by atoms with Crippen molar-refractivity contribution >= 4 is 11.9 Å². The molecule has 26 heavy (non-hydrogen) atoms. The molecule has 1 N–H and O–H groups in total. The van der Waals surface area contributed by atoms with Crippen molar-refractivity contribution in [2.45, 2.75) is 20.8 Å². The number of amides is 1. The van der Waals surface area contributed by atoms with Crippen molar-refractivity contribution in [1.29, 1.82) is 0 Å². The molecule has 0 radical (unpaired) electrons. The van der Waals surface area contributed by atoms with Crippen LogP contribution in [0.15, 0.2) is 21.3 Å². The molecule has 9 heteroatoms. The first-order chi connectivity index (χ1) is 12.5. The highest BCUT2D eigenvalue weighted by atomic mass is 16.5. The second-order valence-electron chi connectivity index (χ2n) is 6.24. The van der Waals surface area contributed by atoms with E-state index in [1.165, 1.54) is 0 Å². The average Bonchev–Trinajstić information content (AvgIpc) is 3.20. The summed E-state index contributed by atoms with van der Waals surface area (Å²) in [7, 11) is 0. The monoisotopic (exact) mass is 354 g/mol. The van der Waals surface area contributed by atoms with Gasteiger partial charge in [-0.3, -0.25) is 4.79 Å². The van der Waals surface area contributed by atoms with Crippen molar-refractivity contribution in [2.24, 2.45) is 0 Å². The molecule has 4 rings (SSSR count). The lowest BCUT2D eigenvalue weighted by Gasteiger charge is -2.27. The molecule has 3 aromatic heterocycles. The minimum atomic E-state index is -0.0475. The molecule has 0 spiro atoms. The minimum absolute atomic E-state index is 0.0475. The first-order valence-electron chi connectivity index (χ1n) is 8.28. The van der Waals surface area contributed by atoms with Crippen molar-refractivity contribution in [3.63, 3.8) is 0 Å². The number of nitrogens with one attached hydrogen (secondary N) is 1. The van der Waals surface area contributed by atoms with Crippen LogP contribution in [0.2, 0.25) is 0 Å². The van der Waals surface area contributed by atoms with Crippen LogP contribution < -0.4 is 10.2 Å². The Morgan fingerprint density at radius 1 is 1.19 bits per heavy atom. The van der Waals surface area contributed by atoms with E-state index in [1.54, 1.807) is 6.20 Å². The first-order valence-corrected chi connectivity index (χ1v) is 8.28. The van der Waals surface area contributed by atoms with E-state index in [2.05, 4.69) is 20.6 Å². The number of carbonyl (C=O) groups is 1. The maximum Gasteiger partial charge on any atom is 0.239 e. The third-order valence-electron chi connectivity index (χ3n) is 4.26. The highest BCUT2D eigenvalue weighted by Gasteiger charge is 2.24. The first kappa shape index (κ1) is 16.2. The molecule has 1 aliphatic heterocycles. The van der Waals surface area contributed by atoms with E-state index in [9.17, 15) is 4.79 Å². The summed E-state index contributed by atoms with van der Waals surface area (Å²) in [5, 5.41) is 10.8. The van der Waals surface area contributed by atoms with Crippen molar-refractivity contribution in [1.82, 2.24) is 25.6 Å². The molecule has 4 heterocycles. The second kappa shape index (κ2) is 6.25. The van der Waals surface area contributed by atoms with Gasteiger partial charge in [0.1, 0.15) is 5.76 Å². The molecule has 0 bridgehead atoms. The van der Waals surface area contributed by atoms with E-state index < -0.39 is 0 Å². The predicted molar refractivity (Wildman–Crippen MR) is 92.5 cm³/mol. The fraction of sp³-hybridized carbons (Fsp3) is 0.353. The van der Waals surface area contributed by atoms with E-state index in [0.29, 0.717) is 41.8 Å². The smallest absolute Gasteiger partial charge is 0.239 e. The lowest BCUT2D eigenvalue weighted by molar-refractivity contribution is -0.120. The zero-order valence-corrected chi connectivity index (χ0v) is 14.7. The number of aryl methyl sites for hydroxylation is 3. The quantitative estimate of drug-likeness (QED) is 0.756. The van der Waals surface area contributed by atoms with Gasteiger partial charge < -0.3 is 19.3 Å². The van der Waals surface area contributed by atoms with Crippen LogP contribution in [-0.2, 0) is 4.79 Å². The third kappa shape index (κ3) is 2.81. The number of aromatic nitrogens is 4. The van der Waals surface area contributed by atoms with Crippen molar-refractivity contribution in [3.05, 3.63) is 29.4 Å². The van der Waals surface area contributed by atoms with Crippen LogP contribution in [0, 0.1) is 20.8 Å². The molecule has 1 saturated heterocycles. The van der Waals surface area contributed by atoms with Crippen molar-refractivity contribution < 1.29 is 13.8 Å². The summed E-state index contributed by atoms with van der Waals surface area (Å²) >= 11 is 0. The average molecular weight is 354 g/mol. The normalized spacial score (nSPS) is 14.6. The zero-order valence-electron chi connectivity index (χ0n) is 14.7. The molecular weight excluding hydrogens is 336 g/mol. The van der Waals surface area contributed by atoms with E-state index in [0.717, 1.165) is 17.0 Å². The highest BCUT2D eigenvalue weighted by Crippen LogP contribution is 2.35. The fourth-order valence-electron chi connectivity index (χ4n) is 3.02. The summed E-state index contributed by atoms with van der Waals surface area (Å²) in [5.74, 6) is 1.66. The van der Waals surface area contributed by atoms with Gasteiger partial charge in [-0.25, -0.2) is 9.97 Å². The van der Waals surface area contributed by atoms with Crippen molar-refractivity contribution in [3.8, 4) is 22.6 Å². The van der Waals surface area contributed by atoms with Crippen LogP contribution >= 0.6 is 0 Å². The van der Waals surface area contributed by atoms with E-state index in [4.69, 9.17) is 14.0 Å². The third-order valence-corrected chi connectivity index (χ3v) is 4.26. The van der Waals surface area contributed by atoms with Crippen LogP contribution in [0.25, 0.3) is 22.6 Å². The van der Waals surface area contributed by atoms with Crippen LogP contribution in [-0.4, -0.2) is 45.8 Å². The molecule has 0 saturated carbocycles. The number of hydrogen-bond donors (Lipinski definition) is 1. The van der Waals surface area contributed by atoms with Gasteiger partial charge in [-0.2, -0.15) is 0 Å². The van der Waals surface area contributed by atoms with Gasteiger partial charge in [0.15, 0.2) is 5.76 Å². The standard InChI is InChI=1S/C17H18N6O3/c1-9-6-13(26-21-9)12-7-19-17(23-5-4-18-14(24)8-23)20-16(12)15-10(2)22-25-11(15)3/h6-7H,4-5,8H2,1-3H3,(H,18,24). The number of hydrogen-bond acceptors (Lipinski definition) is 8. The van der Waals surface area contributed by atoms with Gasteiger partial charge in [-0.15, -0.1) is 0 Å². The van der Waals surface area contributed by atoms with Gasteiger partial charge in [0.05, 0.1) is 34.8 Å². The van der Waals surface area contributed by atoms with Crippen LogP contribution in [0.4, 0.5) is 5.95 Å². The zero-order chi connectivity index (χ0) is 18.3. The van der Waals surface area contributed by atoms with Crippen LogP contribution in [0.3, 0.4) is 0 Å². The Hall–Kier alpha value is -3.23. The maximum absolute atomic E-state index is 11.7. The van der Waals surface area contributed by atoms with Gasteiger partial charge >= 0.3 is 0 Å². The number of carbonyl (C=O) groups excluding carboxylic acids is 1. The molecule has 0 aliphatic carbocycles. The van der Waals surface area contributed by atoms with Gasteiger partial charge in [0.2, 0.25) is 11.9 Å². The van der Waals surface area contributed by atoms with Gasteiger partial charge in [0.25, 0.3) is 0 Å². The summed E-state index contributed by atoms with van der Waals surface area (Å²) in [4.78, 5) is 22.7. The van der Waals surface area contributed by atoms with Gasteiger partial charge in [-0.05, 0) is 20.8 Å². The van der Waals surface area contributed by atoms with Crippen LogP contribution in [0.1, 0.15) is 17.1 Å². The van der Waals surface area contributed by atoms with E-state index in [-0.39, 0.29) is 12.5 Å². The Bertz CT molecular complexity index is 957. The van der Waals surface area contributed by atoms with Gasteiger partial charge in [0, 0.05) is 25.4 Å². The van der Waals surface area contributed by atoms with Gasteiger partial charge in [-0.1, -0.05) is 10.3 Å². The number of nitrogens with zero attached hydrogens (tertiary/aromatic N) is 5. The molecule has 0 aromatic carbocycles. The summed E-state index contributed by atoms with van der Waals surface area (Å²) in [6, 6.07) is 1.83. The Labute approximate surface area is 149 Å². The number of anilines is 1. The molecule has 1 fully saturated rings. The topological polar surface area (TPSA) is 110 Å². The summed E-state index contributed by atoms with van der Waals surface area (Å²) in [5.41, 5.74) is 3.63. The molecule has 134 valence electrons. The Balaban J connectivity index is 1.86. The van der Waals surface area contributed by atoms with E-state index >= 15 is 0 Å². The van der Waals surface area contributed by atoms with Crippen LogP contribution in [0.5, 0.6) is 0 Å². The largest absolute Gasteiger partial charge is 0.361 e. The van der Waals surface area contributed by atoms with E-state index in [1.807, 2.05) is 31.7 Å². The minimum Gasteiger partial charge on any atom is -0.361 e. The molecule has 9 nitrogen and oxygen atoms in total. The molecule has 0 unspecified atom stereocenters. The number of piperazine rings is 1. The predicted octanol–water partition coefficient (Wildman–Crippen LogP) is 1.65. The summed E-state index contributed by atoms with van der Waals surface area (Å²) in [6.07, 6.45) is 1.69. The molecule has 1 amide bonds. The lowest BCUT2D eigenvalue weighted by Crippen LogP contribution is -2.48. The summed E-state index contributed by atoms with van der Waals surface area (Å²) in [6.45, 7) is 6.98. The molecular formula is C17H18N6O3. The Morgan fingerprint density at radius 2 is 2.04 bits per heavy atom. The molecule has 3 aromatic rings. The SMILES string of the molecule is Cc1cc(-c2cnc(N3CCNC(=O)C3)nc2-c2c(C)noc2C)on1. The Morgan fingerprint density at radius 3 is 2.69 bits per heavy atom. The van der Waals surface area contributed by atoms with Crippen molar-refractivity contribution in [2.75, 3.05) is 24.5 Å². The fourth-order valence-corrected chi connectivity index (χ4v) is 3.02. The summed E-state index contributed by atoms with van der Waals surface area (Å²) < 4.78 is 10.7. The number of rotatable bonds is 3. The molecule has 1 aliphatic rings. The molecule has 0 atom stereocenters. The second-order valence-corrected chi connectivity index (χ2v) is 6.24. The Kier molecular flexibility index (Phi) is 3.90. The highest BCUT2D eigenvalue weighted by molar-refractivity contribution is 5.83. The maximum atomic E-state index is 11.7. The lowest BCUT2D eigenvalue weighted by atomic mass is 10.0.